The van der Waals surface area contributed by atoms with Gasteiger partial charge in [-0.05, 0) is 58.5 Å². The van der Waals surface area contributed by atoms with Crippen molar-refractivity contribution in [2.45, 2.75) is 38.5 Å². The Balaban J connectivity index is 1.43. The number of hydrogen-bond acceptors (Lipinski definition) is 4. The molecule has 4 rings (SSSR count). The fourth-order valence-corrected chi connectivity index (χ4v) is 4.05. The summed E-state index contributed by atoms with van der Waals surface area (Å²) in [5, 5.41) is 12.5. The van der Waals surface area contributed by atoms with E-state index in [-0.39, 0.29) is 6.61 Å². The minimum Gasteiger partial charge on any atom is -0.394 e. The molecule has 0 aliphatic heterocycles. The molecular formula is C21H24BrN3O2. The van der Waals surface area contributed by atoms with Gasteiger partial charge in [0, 0.05) is 23.8 Å². The molecule has 1 aliphatic carbocycles. The number of H-pyrrole nitrogens is 1. The highest BCUT2D eigenvalue weighted by molar-refractivity contribution is 9.10. The molecule has 142 valence electrons. The maximum Gasteiger partial charge on any atom is 0.106 e. The molecule has 2 aromatic heterocycles. The monoisotopic (exact) mass is 429 g/mol. The van der Waals surface area contributed by atoms with Crippen molar-refractivity contribution in [1.82, 2.24) is 15.3 Å². The van der Waals surface area contributed by atoms with Crippen LogP contribution in [0.3, 0.4) is 0 Å². The molecular weight excluding hydrogens is 406 g/mol. The summed E-state index contributed by atoms with van der Waals surface area (Å²) < 4.78 is 6.25. The number of aryl methyl sites for hydroxylation is 1. The van der Waals surface area contributed by atoms with Crippen LogP contribution in [0.15, 0.2) is 41.0 Å². The maximum atomic E-state index is 8.77. The van der Waals surface area contributed by atoms with Gasteiger partial charge in [0.25, 0.3) is 0 Å². The number of nitrogens with zero attached hydrogens (tertiary/aromatic N) is 1. The van der Waals surface area contributed by atoms with Gasteiger partial charge in [0.15, 0.2) is 0 Å². The van der Waals surface area contributed by atoms with Crippen molar-refractivity contribution >= 4 is 27.0 Å². The van der Waals surface area contributed by atoms with Crippen molar-refractivity contribution in [3.05, 3.63) is 63.4 Å². The van der Waals surface area contributed by atoms with Gasteiger partial charge in [-0.3, -0.25) is 0 Å². The number of hydrogen-bond donors (Lipinski definition) is 3. The third kappa shape index (κ3) is 4.24. The van der Waals surface area contributed by atoms with E-state index >= 15 is 0 Å². The Morgan fingerprint density at radius 1 is 1.19 bits per heavy atom. The van der Waals surface area contributed by atoms with Crippen molar-refractivity contribution in [1.29, 1.82) is 0 Å². The number of fused-ring (bicyclic) bond motifs is 3. The van der Waals surface area contributed by atoms with Gasteiger partial charge in [-0.15, -0.1) is 0 Å². The minimum absolute atomic E-state index is 0.0611. The molecule has 3 N–H and O–H groups in total. The van der Waals surface area contributed by atoms with E-state index in [1.165, 1.54) is 23.2 Å². The lowest BCUT2D eigenvalue weighted by Crippen LogP contribution is -2.24. The van der Waals surface area contributed by atoms with Gasteiger partial charge in [-0.2, -0.15) is 0 Å². The number of aliphatic hydroxyl groups excluding tert-OH is 1. The topological polar surface area (TPSA) is 70.2 Å². The van der Waals surface area contributed by atoms with Crippen molar-refractivity contribution in [3.63, 3.8) is 0 Å². The summed E-state index contributed by atoms with van der Waals surface area (Å²) in [6.45, 7) is 1.81. The summed E-state index contributed by atoms with van der Waals surface area (Å²) in [6.07, 6.45) is 3.39. The number of ether oxygens (including phenoxy) is 1. The number of aliphatic hydroxyl groups is 1. The third-order valence-corrected chi connectivity index (χ3v) is 5.53. The SMILES string of the molecule is OCCOCc1ccc(CN[C@@H]2CCCc3c2[nH]c2ccc(Br)nc32)cc1. The molecule has 0 amide bonds. The molecule has 27 heavy (non-hydrogen) atoms. The van der Waals surface area contributed by atoms with Crippen molar-refractivity contribution in [2.75, 3.05) is 13.2 Å². The maximum absolute atomic E-state index is 8.77. The van der Waals surface area contributed by atoms with Crippen LogP contribution in [-0.4, -0.2) is 28.3 Å². The van der Waals surface area contributed by atoms with Gasteiger partial charge in [0.1, 0.15) is 4.60 Å². The van der Waals surface area contributed by atoms with Gasteiger partial charge in [0.05, 0.1) is 30.9 Å². The van der Waals surface area contributed by atoms with E-state index < -0.39 is 0 Å². The fourth-order valence-electron chi connectivity index (χ4n) is 3.75. The Labute approximate surface area is 167 Å². The predicted molar refractivity (Wildman–Crippen MR) is 109 cm³/mol. The number of pyridine rings is 1. The average molecular weight is 430 g/mol. The average Bonchev–Trinajstić information content (AvgIpc) is 3.06. The molecule has 0 saturated heterocycles. The molecule has 5 nitrogen and oxygen atoms in total. The standard InChI is InChI=1S/C21H24BrN3O2/c22-19-9-8-18-21(25-19)16-2-1-3-17(20(16)24-18)23-12-14-4-6-15(7-5-14)13-27-11-10-26/h4-9,17,23-24,26H,1-3,10-13H2/t17-/m1/s1. The third-order valence-electron chi connectivity index (χ3n) is 5.09. The number of aromatic nitrogens is 2. The first kappa shape index (κ1) is 18.6. The normalized spacial score (nSPS) is 16.6. The van der Waals surface area contributed by atoms with Crippen LogP contribution in [0.1, 0.15) is 41.3 Å². The first-order chi connectivity index (χ1) is 13.2. The van der Waals surface area contributed by atoms with Crippen LogP contribution in [-0.2, 0) is 24.3 Å². The summed E-state index contributed by atoms with van der Waals surface area (Å²) in [6, 6.07) is 12.9. The van der Waals surface area contributed by atoms with Crippen LogP contribution in [0, 0.1) is 0 Å². The molecule has 1 atom stereocenters. The lowest BCUT2D eigenvalue weighted by Gasteiger charge is -2.23. The number of aromatic amines is 1. The molecule has 0 unspecified atom stereocenters. The second-order valence-corrected chi connectivity index (χ2v) is 7.78. The summed E-state index contributed by atoms with van der Waals surface area (Å²) in [7, 11) is 0. The molecule has 0 spiro atoms. The van der Waals surface area contributed by atoms with Crippen LogP contribution < -0.4 is 5.32 Å². The van der Waals surface area contributed by atoms with E-state index in [2.05, 4.69) is 61.5 Å². The molecule has 0 saturated carbocycles. The molecule has 3 aromatic rings. The minimum atomic E-state index is 0.0611. The van der Waals surface area contributed by atoms with Crippen LogP contribution >= 0.6 is 15.9 Å². The zero-order chi connectivity index (χ0) is 18.6. The van der Waals surface area contributed by atoms with E-state index in [4.69, 9.17) is 9.84 Å². The van der Waals surface area contributed by atoms with E-state index in [0.717, 1.165) is 40.6 Å². The van der Waals surface area contributed by atoms with E-state index in [0.29, 0.717) is 19.3 Å². The highest BCUT2D eigenvalue weighted by Gasteiger charge is 2.24. The van der Waals surface area contributed by atoms with Gasteiger partial charge in [0.2, 0.25) is 0 Å². The fraction of sp³-hybridized carbons (Fsp3) is 0.381. The van der Waals surface area contributed by atoms with Crippen molar-refractivity contribution in [2.24, 2.45) is 0 Å². The Bertz CT molecular complexity index is 908. The van der Waals surface area contributed by atoms with Crippen LogP contribution in [0.5, 0.6) is 0 Å². The lowest BCUT2D eigenvalue weighted by atomic mass is 9.92. The zero-order valence-corrected chi connectivity index (χ0v) is 16.8. The molecule has 2 heterocycles. The Morgan fingerprint density at radius 3 is 2.81 bits per heavy atom. The highest BCUT2D eigenvalue weighted by atomic mass is 79.9. The summed E-state index contributed by atoms with van der Waals surface area (Å²) >= 11 is 3.48. The van der Waals surface area contributed by atoms with E-state index in [1.807, 2.05) is 6.07 Å². The molecule has 6 heteroatoms. The smallest absolute Gasteiger partial charge is 0.106 e. The quantitative estimate of drug-likeness (QED) is 0.392. The molecule has 1 aromatic carbocycles. The summed E-state index contributed by atoms with van der Waals surface area (Å²) in [5.74, 6) is 0. The molecule has 0 bridgehead atoms. The van der Waals surface area contributed by atoms with E-state index in [9.17, 15) is 0 Å². The van der Waals surface area contributed by atoms with Gasteiger partial charge in [-0.25, -0.2) is 4.98 Å². The number of halogens is 1. The largest absolute Gasteiger partial charge is 0.394 e. The second kappa shape index (κ2) is 8.52. The van der Waals surface area contributed by atoms with Gasteiger partial charge < -0.3 is 20.1 Å². The number of rotatable bonds is 7. The summed E-state index contributed by atoms with van der Waals surface area (Å²) in [5.41, 5.74) is 7.23. The number of benzene rings is 1. The highest BCUT2D eigenvalue weighted by Crippen LogP contribution is 2.34. The van der Waals surface area contributed by atoms with Crippen molar-refractivity contribution in [3.8, 4) is 0 Å². The zero-order valence-electron chi connectivity index (χ0n) is 15.2. The Morgan fingerprint density at radius 2 is 2.00 bits per heavy atom. The number of nitrogens with one attached hydrogen (secondary N) is 2. The van der Waals surface area contributed by atoms with Crippen LogP contribution in [0.4, 0.5) is 0 Å². The van der Waals surface area contributed by atoms with Crippen molar-refractivity contribution < 1.29 is 9.84 Å². The molecule has 0 radical (unpaired) electrons. The first-order valence-corrected chi connectivity index (χ1v) is 10.2. The van der Waals surface area contributed by atoms with Gasteiger partial charge in [-0.1, -0.05) is 24.3 Å². The Hall–Kier alpha value is -1.73. The summed E-state index contributed by atoms with van der Waals surface area (Å²) in [4.78, 5) is 8.26. The van der Waals surface area contributed by atoms with Crippen LogP contribution in [0.25, 0.3) is 11.0 Å². The lowest BCUT2D eigenvalue weighted by molar-refractivity contribution is 0.0815. The molecule has 0 fully saturated rings. The van der Waals surface area contributed by atoms with E-state index in [1.54, 1.807) is 0 Å². The second-order valence-electron chi connectivity index (χ2n) is 6.97. The predicted octanol–water partition coefficient (Wildman–Crippen LogP) is 4.00. The van der Waals surface area contributed by atoms with Crippen LogP contribution in [0.2, 0.25) is 0 Å². The first-order valence-electron chi connectivity index (χ1n) is 9.41. The van der Waals surface area contributed by atoms with Gasteiger partial charge >= 0.3 is 0 Å². The Kier molecular flexibility index (Phi) is 5.88. The molecule has 1 aliphatic rings.